The van der Waals surface area contributed by atoms with Crippen molar-refractivity contribution in [2.45, 2.75) is 18.9 Å². The maximum atomic E-state index is 5.93. The molecule has 0 bridgehead atoms. The number of nitrogens with zero attached hydrogens (tertiary/aromatic N) is 2. The molecule has 0 unspecified atom stereocenters. The van der Waals surface area contributed by atoms with Crippen LogP contribution < -0.4 is 5.32 Å². The fourth-order valence-electron chi connectivity index (χ4n) is 3.34. The summed E-state index contributed by atoms with van der Waals surface area (Å²) in [7, 11) is 0. The van der Waals surface area contributed by atoms with Crippen LogP contribution in [0.5, 0.6) is 0 Å². The van der Waals surface area contributed by atoms with Crippen molar-refractivity contribution >= 4 is 36.4 Å². The fourth-order valence-corrected chi connectivity index (χ4v) is 3.45. The lowest BCUT2D eigenvalue weighted by molar-refractivity contribution is 0.0212. The maximum Gasteiger partial charge on any atom is 0.129 e. The van der Waals surface area contributed by atoms with Crippen LogP contribution in [0.3, 0.4) is 0 Å². The summed E-state index contributed by atoms with van der Waals surface area (Å²) >= 11 is 5.93. The molecule has 2 saturated heterocycles. The second-order valence-electron chi connectivity index (χ2n) is 5.59. The van der Waals surface area contributed by atoms with E-state index in [1.807, 2.05) is 12.3 Å². The molecule has 0 aliphatic carbocycles. The Morgan fingerprint density at radius 2 is 1.86 bits per heavy atom. The molecule has 4 nitrogen and oxygen atoms in total. The van der Waals surface area contributed by atoms with Gasteiger partial charge < -0.3 is 10.1 Å². The fraction of sp³-hybridized carbons (Fsp3) is 0.667. The molecule has 2 aliphatic rings. The van der Waals surface area contributed by atoms with E-state index in [1.165, 1.54) is 5.56 Å². The maximum absolute atomic E-state index is 5.93. The first-order chi connectivity index (χ1) is 9.84. The largest absolute Gasteiger partial charge is 0.381 e. The van der Waals surface area contributed by atoms with E-state index in [4.69, 9.17) is 16.3 Å². The molecule has 0 aromatic carbocycles. The van der Waals surface area contributed by atoms with Gasteiger partial charge in [0, 0.05) is 51.6 Å². The third-order valence-electron chi connectivity index (χ3n) is 4.35. The summed E-state index contributed by atoms with van der Waals surface area (Å²) in [5.41, 5.74) is 1.29. The van der Waals surface area contributed by atoms with Crippen LogP contribution in [0.25, 0.3) is 0 Å². The van der Waals surface area contributed by atoms with E-state index in [0.717, 1.165) is 52.2 Å². The van der Waals surface area contributed by atoms with Gasteiger partial charge in [-0.2, -0.15) is 0 Å². The molecule has 0 spiro atoms. The van der Waals surface area contributed by atoms with Gasteiger partial charge >= 0.3 is 0 Å². The highest BCUT2D eigenvalue weighted by molar-refractivity contribution is 6.29. The molecule has 3 heterocycles. The first kappa shape index (κ1) is 19.9. The second-order valence-corrected chi connectivity index (χ2v) is 5.98. The van der Waals surface area contributed by atoms with Crippen LogP contribution in [0.15, 0.2) is 18.3 Å². The lowest BCUT2D eigenvalue weighted by Gasteiger charge is -2.41. The molecule has 7 heteroatoms. The number of hydrogen-bond acceptors (Lipinski definition) is 4. The molecule has 0 amide bonds. The second kappa shape index (κ2) is 9.91. The number of piperazine rings is 1. The highest BCUT2D eigenvalue weighted by atomic mass is 35.5. The van der Waals surface area contributed by atoms with E-state index in [9.17, 15) is 0 Å². The van der Waals surface area contributed by atoms with Gasteiger partial charge in [-0.05, 0) is 30.4 Å². The normalized spacial score (nSPS) is 21.5. The standard InChI is InChI=1S/C15H22ClN3O.2ClH/c16-14-2-1-13(11-18-14)15(12-3-9-20-10-4-12)19-7-5-17-6-8-19;;/h1-2,11-12,15,17H,3-10H2;2*1H/t15-;;/m0../s1. The Hall–Kier alpha value is -0.100. The summed E-state index contributed by atoms with van der Waals surface area (Å²) in [6.07, 6.45) is 4.22. The lowest BCUT2D eigenvalue weighted by Crippen LogP contribution is -2.47. The van der Waals surface area contributed by atoms with E-state index < -0.39 is 0 Å². The number of hydrogen-bond donors (Lipinski definition) is 1. The van der Waals surface area contributed by atoms with Crippen molar-refractivity contribution in [3.8, 4) is 0 Å². The zero-order valence-electron chi connectivity index (χ0n) is 12.5. The van der Waals surface area contributed by atoms with E-state index >= 15 is 0 Å². The minimum atomic E-state index is 0. The molecule has 0 saturated carbocycles. The van der Waals surface area contributed by atoms with Crippen molar-refractivity contribution in [3.05, 3.63) is 29.0 Å². The Balaban J connectivity index is 0.00000121. The number of halogens is 3. The summed E-state index contributed by atoms with van der Waals surface area (Å²) in [5, 5.41) is 4.00. The van der Waals surface area contributed by atoms with Crippen LogP contribution in [0, 0.1) is 5.92 Å². The van der Waals surface area contributed by atoms with Gasteiger partial charge in [0.15, 0.2) is 0 Å². The monoisotopic (exact) mass is 367 g/mol. The Morgan fingerprint density at radius 1 is 1.18 bits per heavy atom. The molecule has 1 N–H and O–H groups in total. The molecule has 1 aromatic heterocycles. The Kier molecular flexibility index (Phi) is 8.98. The number of pyridine rings is 1. The molecule has 1 atom stereocenters. The predicted octanol–water partition coefficient (Wildman–Crippen LogP) is 2.95. The molecule has 0 radical (unpaired) electrons. The summed E-state index contributed by atoms with van der Waals surface area (Å²) < 4.78 is 5.52. The third-order valence-corrected chi connectivity index (χ3v) is 4.57. The quantitative estimate of drug-likeness (QED) is 0.832. The van der Waals surface area contributed by atoms with Crippen molar-refractivity contribution < 1.29 is 4.74 Å². The van der Waals surface area contributed by atoms with Crippen molar-refractivity contribution in [3.63, 3.8) is 0 Å². The van der Waals surface area contributed by atoms with Crippen LogP contribution in [-0.2, 0) is 4.74 Å². The zero-order valence-corrected chi connectivity index (χ0v) is 14.9. The number of aromatic nitrogens is 1. The van der Waals surface area contributed by atoms with Gasteiger partial charge in [0.1, 0.15) is 5.15 Å². The van der Waals surface area contributed by atoms with Crippen molar-refractivity contribution in [1.82, 2.24) is 15.2 Å². The molecule has 2 aliphatic heterocycles. The molecule has 126 valence electrons. The summed E-state index contributed by atoms with van der Waals surface area (Å²) in [6.45, 7) is 6.11. The minimum Gasteiger partial charge on any atom is -0.381 e. The average molecular weight is 369 g/mol. The van der Waals surface area contributed by atoms with Gasteiger partial charge in [-0.1, -0.05) is 17.7 Å². The molecule has 3 rings (SSSR count). The molecular formula is C15H24Cl3N3O. The minimum absolute atomic E-state index is 0. The smallest absolute Gasteiger partial charge is 0.129 e. The van der Waals surface area contributed by atoms with Crippen molar-refractivity contribution in [2.75, 3.05) is 39.4 Å². The summed E-state index contributed by atoms with van der Waals surface area (Å²) in [5.74, 6) is 0.657. The van der Waals surface area contributed by atoms with Crippen molar-refractivity contribution in [1.29, 1.82) is 0 Å². The van der Waals surface area contributed by atoms with Gasteiger partial charge in [-0.3, -0.25) is 4.90 Å². The number of ether oxygens (including phenoxy) is 1. The zero-order chi connectivity index (χ0) is 13.8. The highest BCUT2D eigenvalue weighted by Gasteiger charge is 2.31. The van der Waals surface area contributed by atoms with Gasteiger partial charge in [-0.15, -0.1) is 24.8 Å². The van der Waals surface area contributed by atoms with Gasteiger partial charge in [0.25, 0.3) is 0 Å². The lowest BCUT2D eigenvalue weighted by atomic mass is 9.86. The van der Waals surface area contributed by atoms with Crippen LogP contribution in [-0.4, -0.2) is 49.3 Å². The van der Waals surface area contributed by atoms with Crippen LogP contribution in [0.1, 0.15) is 24.4 Å². The Morgan fingerprint density at radius 3 is 2.45 bits per heavy atom. The first-order valence-corrected chi connectivity index (χ1v) is 7.86. The van der Waals surface area contributed by atoms with Gasteiger partial charge in [0.05, 0.1) is 0 Å². The van der Waals surface area contributed by atoms with Crippen LogP contribution >= 0.6 is 36.4 Å². The molecule has 22 heavy (non-hydrogen) atoms. The molecular weight excluding hydrogens is 345 g/mol. The van der Waals surface area contributed by atoms with Crippen molar-refractivity contribution in [2.24, 2.45) is 5.92 Å². The van der Waals surface area contributed by atoms with E-state index in [-0.39, 0.29) is 24.8 Å². The van der Waals surface area contributed by atoms with Gasteiger partial charge in [0.2, 0.25) is 0 Å². The molecule has 2 fully saturated rings. The molecule has 1 aromatic rings. The topological polar surface area (TPSA) is 37.4 Å². The first-order valence-electron chi connectivity index (χ1n) is 7.48. The number of rotatable bonds is 3. The average Bonchev–Trinajstić information content (AvgIpc) is 2.52. The number of nitrogens with one attached hydrogen (secondary N) is 1. The van der Waals surface area contributed by atoms with Crippen LogP contribution in [0.4, 0.5) is 0 Å². The van der Waals surface area contributed by atoms with E-state index in [0.29, 0.717) is 17.1 Å². The van der Waals surface area contributed by atoms with E-state index in [1.54, 1.807) is 0 Å². The van der Waals surface area contributed by atoms with E-state index in [2.05, 4.69) is 21.3 Å². The predicted molar refractivity (Wildman–Crippen MR) is 94.5 cm³/mol. The third kappa shape index (κ3) is 4.95. The SMILES string of the molecule is Cl.Cl.Clc1ccc([C@H](C2CCOCC2)N2CCNCC2)cn1. The highest BCUT2D eigenvalue weighted by Crippen LogP contribution is 2.35. The van der Waals surface area contributed by atoms with Crippen LogP contribution in [0.2, 0.25) is 5.15 Å². The Labute approximate surface area is 149 Å². The summed E-state index contributed by atoms with van der Waals surface area (Å²) in [4.78, 5) is 6.88. The van der Waals surface area contributed by atoms with Gasteiger partial charge in [-0.25, -0.2) is 4.98 Å². The Bertz CT molecular complexity index is 403. The summed E-state index contributed by atoms with van der Waals surface area (Å²) in [6, 6.07) is 4.49.